The lowest BCUT2D eigenvalue weighted by Gasteiger charge is -2.21. The van der Waals surface area contributed by atoms with E-state index in [1.54, 1.807) is 6.07 Å². The van der Waals surface area contributed by atoms with Gasteiger partial charge in [0.1, 0.15) is 11.1 Å². The summed E-state index contributed by atoms with van der Waals surface area (Å²) < 4.78 is 13.2. The average Bonchev–Trinajstić information content (AvgIpc) is 3.10. The second-order valence-electron chi connectivity index (χ2n) is 9.04. The van der Waals surface area contributed by atoms with E-state index in [9.17, 15) is 4.79 Å². The summed E-state index contributed by atoms with van der Waals surface area (Å²) in [6.45, 7) is 13.1. The molecule has 0 aliphatic heterocycles. The number of carbonyl (C=O) groups excluding carboxylic acids is 1. The highest BCUT2D eigenvalue weighted by molar-refractivity contribution is 5.93. The van der Waals surface area contributed by atoms with Crippen molar-refractivity contribution in [3.8, 4) is 6.07 Å². The minimum atomic E-state index is -0.524. The summed E-state index contributed by atoms with van der Waals surface area (Å²) in [7, 11) is 0. The van der Waals surface area contributed by atoms with Gasteiger partial charge in [-0.15, -0.1) is 5.10 Å². The third-order valence-electron chi connectivity index (χ3n) is 5.18. The fourth-order valence-electron chi connectivity index (χ4n) is 3.75. The molecule has 0 spiro atoms. The maximum absolute atomic E-state index is 12.5. The first-order valence-electron chi connectivity index (χ1n) is 10.7. The van der Waals surface area contributed by atoms with E-state index in [4.69, 9.17) is 14.7 Å². The lowest BCUT2D eigenvalue weighted by molar-refractivity contribution is 0.00678. The van der Waals surface area contributed by atoms with Gasteiger partial charge in [0, 0.05) is 13.2 Å². The van der Waals surface area contributed by atoms with Crippen LogP contribution in [0.1, 0.15) is 65.4 Å². The zero-order valence-electron chi connectivity index (χ0n) is 19.7. The maximum atomic E-state index is 12.5. The third kappa shape index (κ3) is 5.32. The highest BCUT2D eigenvalue weighted by Crippen LogP contribution is 2.22. The number of aromatic nitrogens is 3. The Balaban J connectivity index is 1.55. The van der Waals surface area contributed by atoms with Gasteiger partial charge in [-0.05, 0) is 82.3 Å². The number of rotatable bonds is 7. The van der Waals surface area contributed by atoms with Gasteiger partial charge in [-0.2, -0.15) is 5.26 Å². The highest BCUT2D eigenvalue weighted by atomic mass is 16.6. The van der Waals surface area contributed by atoms with Gasteiger partial charge in [-0.1, -0.05) is 17.3 Å². The van der Waals surface area contributed by atoms with Gasteiger partial charge in [0.15, 0.2) is 0 Å². The topological polar surface area (TPSA) is 90.0 Å². The normalized spacial score (nSPS) is 11.5. The number of aryl methyl sites for hydroxylation is 4. The molecule has 0 aliphatic carbocycles. The molecule has 0 N–H and O–H groups in total. The first-order chi connectivity index (χ1) is 15.1. The Kier molecular flexibility index (Phi) is 6.95. The van der Waals surface area contributed by atoms with Crippen LogP contribution in [0.25, 0.3) is 11.0 Å². The number of fused-ring (bicyclic) bond motifs is 1. The van der Waals surface area contributed by atoms with Crippen molar-refractivity contribution in [2.75, 3.05) is 6.61 Å². The van der Waals surface area contributed by atoms with Gasteiger partial charge in [0.25, 0.3) is 0 Å². The molecule has 0 amide bonds. The van der Waals surface area contributed by atoms with Gasteiger partial charge < -0.3 is 9.47 Å². The van der Waals surface area contributed by atoms with Crippen LogP contribution in [0.2, 0.25) is 0 Å². The molecule has 0 saturated heterocycles. The van der Waals surface area contributed by atoms with Crippen LogP contribution in [0.15, 0.2) is 24.3 Å². The first-order valence-corrected chi connectivity index (χ1v) is 10.7. The molecular formula is C25H30N4O3. The predicted octanol–water partition coefficient (Wildman–Crippen LogP) is 4.79. The van der Waals surface area contributed by atoms with Crippen molar-refractivity contribution in [1.29, 1.82) is 5.26 Å². The molecule has 32 heavy (non-hydrogen) atoms. The van der Waals surface area contributed by atoms with Gasteiger partial charge in [-0.25, -0.2) is 9.48 Å². The Morgan fingerprint density at radius 1 is 1.16 bits per heavy atom. The van der Waals surface area contributed by atoms with E-state index in [0.717, 1.165) is 39.7 Å². The molecule has 7 nitrogen and oxygen atoms in total. The smallest absolute Gasteiger partial charge is 0.339 e. The van der Waals surface area contributed by atoms with Crippen molar-refractivity contribution in [3.63, 3.8) is 0 Å². The minimum Gasteiger partial charge on any atom is -0.456 e. The standard InChI is InChI=1S/C25H30N4O3/c1-16-12-19(13-17(2)22(16)24(30)32-25(4,5)6)15-31-11-7-10-29-21-9-8-20(14-26)18(3)23(21)27-28-29/h8-9,12-13H,7,10-11,15H2,1-6H3. The van der Waals surface area contributed by atoms with E-state index >= 15 is 0 Å². The molecule has 1 heterocycles. The molecule has 0 radical (unpaired) electrons. The monoisotopic (exact) mass is 434 g/mol. The zero-order chi connectivity index (χ0) is 23.5. The number of carbonyl (C=O) groups is 1. The fraction of sp³-hybridized carbons (Fsp3) is 0.440. The molecule has 0 fully saturated rings. The Labute approximate surface area is 188 Å². The molecule has 168 valence electrons. The van der Waals surface area contributed by atoms with Crippen molar-refractivity contribution in [2.45, 2.75) is 66.7 Å². The van der Waals surface area contributed by atoms with E-state index in [1.165, 1.54) is 0 Å². The van der Waals surface area contributed by atoms with E-state index in [0.29, 0.717) is 30.9 Å². The SMILES string of the molecule is Cc1cc(COCCCn2nnc3c(C)c(C#N)ccc32)cc(C)c1C(=O)OC(C)(C)C. The number of benzene rings is 2. The van der Waals surface area contributed by atoms with Gasteiger partial charge >= 0.3 is 5.97 Å². The second-order valence-corrected chi connectivity index (χ2v) is 9.04. The summed E-state index contributed by atoms with van der Waals surface area (Å²) in [6.07, 6.45) is 0.783. The summed E-state index contributed by atoms with van der Waals surface area (Å²) in [6, 6.07) is 9.83. The van der Waals surface area contributed by atoms with E-state index < -0.39 is 5.60 Å². The average molecular weight is 435 g/mol. The van der Waals surface area contributed by atoms with E-state index in [-0.39, 0.29) is 5.97 Å². The largest absolute Gasteiger partial charge is 0.456 e. The van der Waals surface area contributed by atoms with Gasteiger partial charge in [-0.3, -0.25) is 0 Å². The Hall–Kier alpha value is -3.24. The summed E-state index contributed by atoms with van der Waals surface area (Å²) in [5.74, 6) is -0.294. The molecule has 0 saturated carbocycles. The Bertz CT molecular complexity index is 1160. The fourth-order valence-corrected chi connectivity index (χ4v) is 3.75. The zero-order valence-corrected chi connectivity index (χ0v) is 19.7. The van der Waals surface area contributed by atoms with Crippen molar-refractivity contribution in [2.24, 2.45) is 0 Å². The summed E-state index contributed by atoms with van der Waals surface area (Å²) in [5.41, 5.74) is 6.06. The van der Waals surface area contributed by atoms with Crippen LogP contribution in [-0.2, 0) is 22.6 Å². The number of nitriles is 1. The van der Waals surface area contributed by atoms with Crippen LogP contribution in [0, 0.1) is 32.1 Å². The van der Waals surface area contributed by atoms with Gasteiger partial charge in [0.05, 0.1) is 29.3 Å². The van der Waals surface area contributed by atoms with Crippen LogP contribution in [0.5, 0.6) is 0 Å². The second kappa shape index (κ2) is 9.49. The Morgan fingerprint density at radius 3 is 2.47 bits per heavy atom. The lowest BCUT2D eigenvalue weighted by Crippen LogP contribution is -2.25. The van der Waals surface area contributed by atoms with Crippen LogP contribution in [-0.4, -0.2) is 33.2 Å². The van der Waals surface area contributed by atoms with Crippen molar-refractivity contribution in [3.05, 3.63) is 57.6 Å². The summed E-state index contributed by atoms with van der Waals surface area (Å²) >= 11 is 0. The maximum Gasteiger partial charge on any atom is 0.339 e. The third-order valence-corrected chi connectivity index (χ3v) is 5.18. The van der Waals surface area contributed by atoms with Crippen LogP contribution in [0.4, 0.5) is 0 Å². The molecule has 0 atom stereocenters. The van der Waals surface area contributed by atoms with Crippen LogP contribution >= 0.6 is 0 Å². The number of nitrogens with zero attached hydrogens (tertiary/aromatic N) is 4. The minimum absolute atomic E-state index is 0.294. The summed E-state index contributed by atoms with van der Waals surface area (Å²) in [5, 5.41) is 17.6. The van der Waals surface area contributed by atoms with Crippen LogP contribution in [0.3, 0.4) is 0 Å². The molecule has 2 aromatic carbocycles. The molecule has 0 aliphatic rings. The van der Waals surface area contributed by atoms with Gasteiger partial charge in [0.2, 0.25) is 0 Å². The predicted molar refractivity (Wildman–Crippen MR) is 122 cm³/mol. The molecule has 7 heteroatoms. The number of hydrogen-bond acceptors (Lipinski definition) is 6. The van der Waals surface area contributed by atoms with Crippen molar-refractivity contribution in [1.82, 2.24) is 15.0 Å². The molecular weight excluding hydrogens is 404 g/mol. The lowest BCUT2D eigenvalue weighted by atomic mass is 9.99. The molecule has 3 aromatic rings. The highest BCUT2D eigenvalue weighted by Gasteiger charge is 2.21. The number of hydrogen-bond donors (Lipinski definition) is 0. The number of esters is 1. The molecule has 3 rings (SSSR count). The summed E-state index contributed by atoms with van der Waals surface area (Å²) in [4.78, 5) is 12.5. The first kappa shape index (κ1) is 23.4. The van der Waals surface area contributed by atoms with Crippen molar-refractivity contribution >= 4 is 17.0 Å². The van der Waals surface area contributed by atoms with Crippen molar-refractivity contribution < 1.29 is 14.3 Å². The van der Waals surface area contributed by atoms with E-state index in [2.05, 4.69) is 16.4 Å². The Morgan fingerprint density at radius 2 is 1.84 bits per heavy atom. The molecule has 0 unspecified atom stereocenters. The molecule has 1 aromatic heterocycles. The quantitative estimate of drug-likeness (QED) is 0.392. The van der Waals surface area contributed by atoms with Crippen LogP contribution < -0.4 is 0 Å². The number of ether oxygens (including phenoxy) is 2. The van der Waals surface area contributed by atoms with E-state index in [1.807, 2.05) is 64.4 Å². The molecule has 0 bridgehead atoms.